The van der Waals surface area contributed by atoms with Crippen molar-refractivity contribution in [1.29, 1.82) is 0 Å². The number of carbonyl (C=O) groups is 1. The third-order valence-corrected chi connectivity index (χ3v) is 5.61. The van der Waals surface area contributed by atoms with Crippen LogP contribution in [0.15, 0.2) is 29.2 Å². The van der Waals surface area contributed by atoms with Crippen LogP contribution in [0.3, 0.4) is 0 Å². The van der Waals surface area contributed by atoms with Gasteiger partial charge in [0.2, 0.25) is 15.9 Å². The van der Waals surface area contributed by atoms with Gasteiger partial charge in [0.1, 0.15) is 0 Å². The Labute approximate surface area is 143 Å². The number of hydrogen-bond donors (Lipinski definition) is 1. The second-order valence-corrected chi connectivity index (χ2v) is 8.46. The van der Waals surface area contributed by atoms with E-state index in [9.17, 15) is 13.2 Å². The number of morpholine rings is 1. The first-order valence-corrected chi connectivity index (χ1v) is 9.32. The molecule has 1 saturated heterocycles. The molecule has 7 nitrogen and oxygen atoms in total. The van der Waals surface area contributed by atoms with Gasteiger partial charge in [-0.25, -0.2) is 12.7 Å². The number of sulfonamides is 1. The lowest BCUT2D eigenvalue weighted by molar-refractivity contribution is -0.121. The molecule has 1 aliphatic heterocycles. The van der Waals surface area contributed by atoms with E-state index >= 15 is 0 Å². The summed E-state index contributed by atoms with van der Waals surface area (Å²) in [4.78, 5) is 14.4. The number of nitrogens with one attached hydrogen (secondary N) is 1. The molecule has 0 spiro atoms. The van der Waals surface area contributed by atoms with Crippen LogP contribution in [0.4, 0.5) is 5.69 Å². The number of amides is 1. The van der Waals surface area contributed by atoms with Crippen molar-refractivity contribution in [3.63, 3.8) is 0 Å². The monoisotopic (exact) mass is 355 g/mol. The molecular formula is C16H25N3O4S. The number of rotatable bonds is 5. The molecule has 134 valence electrons. The van der Waals surface area contributed by atoms with Crippen LogP contribution in [-0.4, -0.2) is 69.5 Å². The van der Waals surface area contributed by atoms with E-state index in [1.54, 1.807) is 12.1 Å². The molecule has 1 aromatic carbocycles. The van der Waals surface area contributed by atoms with E-state index < -0.39 is 10.0 Å². The molecule has 1 amide bonds. The molecule has 1 aliphatic rings. The molecule has 0 aromatic heterocycles. The van der Waals surface area contributed by atoms with Gasteiger partial charge >= 0.3 is 0 Å². The average Bonchev–Trinajstić information content (AvgIpc) is 2.46. The van der Waals surface area contributed by atoms with Gasteiger partial charge in [-0.3, -0.25) is 9.69 Å². The van der Waals surface area contributed by atoms with Crippen molar-refractivity contribution in [2.24, 2.45) is 0 Å². The van der Waals surface area contributed by atoms with Gasteiger partial charge in [0.15, 0.2) is 0 Å². The number of benzene rings is 1. The summed E-state index contributed by atoms with van der Waals surface area (Å²) in [5.74, 6) is -0.125. The Morgan fingerprint density at radius 2 is 1.75 bits per heavy atom. The SMILES string of the molecule is C[C@@H]1CN(CC(=O)Nc2ccc(S(=O)(=O)N(C)C)cc2)C[C@@H](C)O1. The quantitative estimate of drug-likeness (QED) is 0.852. The zero-order chi connectivity index (χ0) is 17.9. The lowest BCUT2D eigenvalue weighted by atomic mass is 10.2. The van der Waals surface area contributed by atoms with Crippen molar-refractivity contribution in [3.8, 4) is 0 Å². The first-order valence-electron chi connectivity index (χ1n) is 7.88. The van der Waals surface area contributed by atoms with E-state index in [0.29, 0.717) is 5.69 Å². The van der Waals surface area contributed by atoms with Crippen LogP contribution >= 0.6 is 0 Å². The van der Waals surface area contributed by atoms with Gasteiger partial charge in [-0.05, 0) is 38.1 Å². The van der Waals surface area contributed by atoms with Gasteiger partial charge in [-0.2, -0.15) is 0 Å². The van der Waals surface area contributed by atoms with Crippen LogP contribution in [-0.2, 0) is 19.6 Å². The second-order valence-electron chi connectivity index (χ2n) is 6.31. The maximum absolute atomic E-state index is 12.2. The largest absolute Gasteiger partial charge is 0.373 e. The van der Waals surface area contributed by atoms with Gasteiger partial charge in [0.25, 0.3) is 0 Å². The van der Waals surface area contributed by atoms with Crippen molar-refractivity contribution in [3.05, 3.63) is 24.3 Å². The number of carbonyl (C=O) groups excluding carboxylic acids is 1. The molecule has 2 atom stereocenters. The molecule has 0 bridgehead atoms. The Morgan fingerprint density at radius 1 is 1.21 bits per heavy atom. The topological polar surface area (TPSA) is 79.0 Å². The minimum atomic E-state index is -3.46. The summed E-state index contributed by atoms with van der Waals surface area (Å²) in [5, 5.41) is 2.80. The lowest BCUT2D eigenvalue weighted by Gasteiger charge is -2.34. The zero-order valence-corrected chi connectivity index (χ0v) is 15.3. The summed E-state index contributed by atoms with van der Waals surface area (Å²) in [6.45, 7) is 5.71. The highest BCUT2D eigenvalue weighted by molar-refractivity contribution is 7.89. The molecule has 1 aromatic rings. The first-order chi connectivity index (χ1) is 11.2. The smallest absolute Gasteiger partial charge is 0.242 e. The van der Waals surface area contributed by atoms with E-state index in [1.165, 1.54) is 26.2 Å². The number of nitrogens with zero attached hydrogens (tertiary/aromatic N) is 2. The number of anilines is 1. The predicted octanol–water partition coefficient (Wildman–Crippen LogP) is 0.985. The molecule has 1 heterocycles. The van der Waals surface area contributed by atoms with Crippen molar-refractivity contribution in [2.45, 2.75) is 31.0 Å². The Bertz CT molecular complexity index is 663. The first kappa shape index (κ1) is 18.9. The fourth-order valence-corrected chi connectivity index (χ4v) is 3.64. The minimum Gasteiger partial charge on any atom is -0.373 e. The molecule has 0 saturated carbocycles. The molecule has 1 N–H and O–H groups in total. The van der Waals surface area contributed by atoms with Crippen molar-refractivity contribution < 1.29 is 17.9 Å². The van der Waals surface area contributed by atoms with Gasteiger partial charge in [0.05, 0.1) is 23.6 Å². The van der Waals surface area contributed by atoms with Gasteiger partial charge in [-0.1, -0.05) is 0 Å². The summed E-state index contributed by atoms with van der Waals surface area (Å²) in [7, 11) is -0.496. The van der Waals surface area contributed by atoms with Crippen molar-refractivity contribution >= 4 is 21.6 Å². The van der Waals surface area contributed by atoms with Crippen LogP contribution in [0.2, 0.25) is 0 Å². The van der Waals surface area contributed by atoms with Crippen molar-refractivity contribution in [1.82, 2.24) is 9.21 Å². The molecular weight excluding hydrogens is 330 g/mol. The minimum absolute atomic E-state index is 0.108. The zero-order valence-electron chi connectivity index (χ0n) is 14.5. The van der Waals surface area contributed by atoms with E-state index in [1.807, 2.05) is 13.8 Å². The van der Waals surface area contributed by atoms with Crippen LogP contribution in [0.1, 0.15) is 13.8 Å². The molecule has 1 fully saturated rings. The molecule has 2 rings (SSSR count). The van der Waals surface area contributed by atoms with E-state index in [-0.39, 0.29) is 29.6 Å². The molecule has 0 unspecified atom stereocenters. The maximum atomic E-state index is 12.2. The molecule has 0 aliphatic carbocycles. The number of hydrogen-bond acceptors (Lipinski definition) is 5. The summed E-state index contributed by atoms with van der Waals surface area (Å²) < 4.78 is 30.8. The summed E-state index contributed by atoms with van der Waals surface area (Å²) >= 11 is 0. The van der Waals surface area contributed by atoms with E-state index in [4.69, 9.17) is 4.74 Å². The van der Waals surface area contributed by atoms with Gasteiger partial charge < -0.3 is 10.1 Å². The predicted molar refractivity (Wildman–Crippen MR) is 92.4 cm³/mol. The third-order valence-electron chi connectivity index (χ3n) is 3.78. The molecule has 24 heavy (non-hydrogen) atoms. The Hall–Kier alpha value is -1.48. The molecule has 0 radical (unpaired) electrons. The van der Waals surface area contributed by atoms with E-state index in [2.05, 4.69) is 10.2 Å². The fourth-order valence-electron chi connectivity index (χ4n) is 2.74. The highest BCUT2D eigenvalue weighted by atomic mass is 32.2. The fraction of sp³-hybridized carbons (Fsp3) is 0.562. The Kier molecular flexibility index (Phi) is 5.97. The van der Waals surface area contributed by atoms with Crippen LogP contribution in [0, 0.1) is 0 Å². The number of ether oxygens (including phenoxy) is 1. The standard InChI is InChI=1S/C16H25N3O4S/c1-12-9-19(10-13(2)23-12)11-16(20)17-14-5-7-15(8-6-14)24(21,22)18(3)4/h5-8,12-13H,9-11H2,1-4H3,(H,17,20)/t12-,13-/m1/s1. The third kappa shape index (κ3) is 4.76. The summed E-state index contributed by atoms with van der Waals surface area (Å²) in [6, 6.07) is 6.17. The summed E-state index contributed by atoms with van der Waals surface area (Å²) in [6.07, 6.45) is 0.217. The van der Waals surface area contributed by atoms with Crippen LogP contribution < -0.4 is 5.32 Å². The Balaban J connectivity index is 1.95. The maximum Gasteiger partial charge on any atom is 0.242 e. The van der Waals surface area contributed by atoms with Crippen LogP contribution in [0.5, 0.6) is 0 Å². The normalized spacial score (nSPS) is 22.5. The van der Waals surface area contributed by atoms with Gasteiger partial charge in [0, 0.05) is 32.9 Å². The highest BCUT2D eigenvalue weighted by Crippen LogP contribution is 2.17. The van der Waals surface area contributed by atoms with Crippen molar-refractivity contribution in [2.75, 3.05) is 39.0 Å². The molecule has 8 heteroatoms. The highest BCUT2D eigenvalue weighted by Gasteiger charge is 2.23. The summed E-state index contributed by atoms with van der Waals surface area (Å²) in [5.41, 5.74) is 0.576. The van der Waals surface area contributed by atoms with E-state index in [0.717, 1.165) is 17.4 Å². The second kappa shape index (κ2) is 7.60. The van der Waals surface area contributed by atoms with Crippen LogP contribution in [0.25, 0.3) is 0 Å². The Morgan fingerprint density at radius 3 is 2.25 bits per heavy atom. The lowest BCUT2D eigenvalue weighted by Crippen LogP contribution is -2.48. The average molecular weight is 355 g/mol. The van der Waals surface area contributed by atoms with Gasteiger partial charge in [-0.15, -0.1) is 0 Å².